The summed E-state index contributed by atoms with van der Waals surface area (Å²) in [6.07, 6.45) is -1.18. The standard InChI is InChI=1S/C25H48O9/c1-17(2)25(27)34-16-24(9)33-15-23(8)32-14-22(7)31-13-21(6)30-12-20(5)29-11-19(4)28-10-18(3)26/h18-24,26H,1,10-16H2,2-9H3. The normalized spacial score (nSPS) is 17.9. The molecule has 0 aromatic carbocycles. The molecule has 0 spiro atoms. The largest absolute Gasteiger partial charge is 0.460 e. The van der Waals surface area contributed by atoms with Gasteiger partial charge in [0.1, 0.15) is 6.61 Å². The second-order valence-electron chi connectivity index (χ2n) is 9.09. The average molecular weight is 493 g/mol. The van der Waals surface area contributed by atoms with Crippen LogP contribution in [-0.4, -0.2) is 100 Å². The maximum atomic E-state index is 11.4. The fourth-order valence-corrected chi connectivity index (χ4v) is 2.41. The Morgan fingerprint density at radius 1 is 0.588 bits per heavy atom. The van der Waals surface area contributed by atoms with Crippen LogP contribution in [0.2, 0.25) is 0 Å². The van der Waals surface area contributed by atoms with Gasteiger partial charge in [0.05, 0.1) is 82.4 Å². The summed E-state index contributed by atoms with van der Waals surface area (Å²) in [5.41, 5.74) is 0.366. The lowest BCUT2D eigenvalue weighted by Crippen LogP contribution is -2.30. The maximum Gasteiger partial charge on any atom is 0.333 e. The van der Waals surface area contributed by atoms with Crippen LogP contribution in [0.15, 0.2) is 12.2 Å². The molecule has 202 valence electrons. The minimum atomic E-state index is -0.484. The zero-order chi connectivity index (χ0) is 26.1. The van der Waals surface area contributed by atoms with Crippen LogP contribution in [0.25, 0.3) is 0 Å². The van der Waals surface area contributed by atoms with E-state index in [2.05, 4.69) is 6.58 Å². The second kappa shape index (κ2) is 19.2. The van der Waals surface area contributed by atoms with Gasteiger partial charge in [-0.05, 0) is 55.4 Å². The van der Waals surface area contributed by atoms with Crippen molar-refractivity contribution in [3.8, 4) is 0 Å². The van der Waals surface area contributed by atoms with Gasteiger partial charge in [-0.1, -0.05) is 6.58 Å². The fourth-order valence-electron chi connectivity index (χ4n) is 2.41. The number of rotatable bonds is 21. The van der Waals surface area contributed by atoms with Crippen molar-refractivity contribution >= 4 is 5.97 Å². The molecule has 0 bridgehead atoms. The van der Waals surface area contributed by atoms with E-state index >= 15 is 0 Å². The summed E-state index contributed by atoms with van der Waals surface area (Å²) in [5.74, 6) is -0.418. The second-order valence-corrected chi connectivity index (χ2v) is 9.09. The summed E-state index contributed by atoms with van der Waals surface area (Å²) in [4.78, 5) is 11.4. The Labute approximate surface area is 206 Å². The fraction of sp³-hybridized carbons (Fsp3) is 0.880. The zero-order valence-corrected chi connectivity index (χ0v) is 22.4. The van der Waals surface area contributed by atoms with Crippen molar-refractivity contribution in [1.82, 2.24) is 0 Å². The molecular formula is C25H48O9. The van der Waals surface area contributed by atoms with E-state index in [0.717, 1.165) is 0 Å². The molecule has 0 saturated heterocycles. The van der Waals surface area contributed by atoms with Crippen molar-refractivity contribution in [3.05, 3.63) is 12.2 Å². The molecule has 7 unspecified atom stereocenters. The third-order valence-electron chi connectivity index (χ3n) is 4.50. The van der Waals surface area contributed by atoms with Gasteiger partial charge in [0.25, 0.3) is 0 Å². The van der Waals surface area contributed by atoms with E-state index in [1.165, 1.54) is 0 Å². The molecule has 1 N–H and O–H groups in total. The van der Waals surface area contributed by atoms with Gasteiger partial charge in [-0.15, -0.1) is 0 Å². The summed E-state index contributed by atoms with van der Waals surface area (Å²) in [6, 6.07) is 0. The Balaban J connectivity index is 3.86. The van der Waals surface area contributed by atoms with Crippen LogP contribution in [0.5, 0.6) is 0 Å². The molecule has 0 fully saturated rings. The summed E-state index contributed by atoms with van der Waals surface area (Å²) >= 11 is 0. The number of aliphatic hydroxyl groups is 1. The lowest BCUT2D eigenvalue weighted by atomic mass is 10.3. The third-order valence-corrected chi connectivity index (χ3v) is 4.50. The first-order valence-corrected chi connectivity index (χ1v) is 12.1. The molecule has 34 heavy (non-hydrogen) atoms. The smallest absolute Gasteiger partial charge is 0.333 e. The highest BCUT2D eigenvalue weighted by molar-refractivity contribution is 5.86. The van der Waals surface area contributed by atoms with Gasteiger partial charge in [0.15, 0.2) is 0 Å². The van der Waals surface area contributed by atoms with E-state index in [4.69, 9.17) is 33.2 Å². The first-order chi connectivity index (χ1) is 15.9. The number of ether oxygens (including phenoxy) is 7. The van der Waals surface area contributed by atoms with Crippen molar-refractivity contribution in [3.63, 3.8) is 0 Å². The molecule has 0 aliphatic heterocycles. The van der Waals surface area contributed by atoms with E-state index in [1.807, 2.05) is 41.5 Å². The number of hydrogen-bond donors (Lipinski definition) is 1. The van der Waals surface area contributed by atoms with Crippen LogP contribution in [-0.2, 0) is 38.0 Å². The number of carbonyl (C=O) groups excluding carboxylic acids is 1. The first kappa shape index (κ1) is 32.9. The summed E-state index contributed by atoms with van der Waals surface area (Å²) < 4.78 is 39.3. The van der Waals surface area contributed by atoms with Gasteiger partial charge >= 0.3 is 5.97 Å². The van der Waals surface area contributed by atoms with Crippen molar-refractivity contribution in [2.45, 2.75) is 98.1 Å². The molecule has 0 saturated carbocycles. The highest BCUT2D eigenvalue weighted by Gasteiger charge is 2.14. The van der Waals surface area contributed by atoms with Gasteiger partial charge < -0.3 is 38.3 Å². The summed E-state index contributed by atoms with van der Waals surface area (Å²) in [7, 11) is 0. The van der Waals surface area contributed by atoms with Crippen LogP contribution < -0.4 is 0 Å². The molecule has 0 radical (unpaired) electrons. The predicted molar refractivity (Wildman–Crippen MR) is 130 cm³/mol. The topological polar surface area (TPSA) is 102 Å². The third kappa shape index (κ3) is 19.3. The summed E-state index contributed by atoms with van der Waals surface area (Å²) in [6.45, 7) is 21.0. The molecule has 0 aliphatic carbocycles. The van der Waals surface area contributed by atoms with Crippen LogP contribution in [0, 0.1) is 0 Å². The molecule has 9 heteroatoms. The lowest BCUT2D eigenvalue weighted by molar-refractivity contribution is -0.144. The summed E-state index contributed by atoms with van der Waals surface area (Å²) in [5, 5.41) is 9.24. The molecule has 7 atom stereocenters. The van der Waals surface area contributed by atoms with Crippen molar-refractivity contribution < 1.29 is 43.1 Å². The predicted octanol–water partition coefficient (Wildman–Crippen LogP) is 2.92. The van der Waals surface area contributed by atoms with E-state index in [0.29, 0.717) is 45.2 Å². The Kier molecular flexibility index (Phi) is 18.6. The van der Waals surface area contributed by atoms with E-state index < -0.39 is 12.1 Å². The molecular weight excluding hydrogens is 444 g/mol. The van der Waals surface area contributed by atoms with Gasteiger partial charge in [-0.2, -0.15) is 0 Å². The molecule has 0 aromatic heterocycles. The minimum absolute atomic E-state index is 0.0756. The molecule has 0 amide bonds. The molecule has 0 aromatic rings. The van der Waals surface area contributed by atoms with Gasteiger partial charge in [0.2, 0.25) is 0 Å². The van der Waals surface area contributed by atoms with Crippen molar-refractivity contribution in [2.24, 2.45) is 0 Å². The SMILES string of the molecule is C=C(C)C(=O)OCC(C)OCC(C)OCC(C)OCC(C)OCC(C)OCC(C)OCC(C)O. The first-order valence-electron chi connectivity index (χ1n) is 12.1. The maximum absolute atomic E-state index is 11.4. The molecule has 0 aliphatic rings. The van der Waals surface area contributed by atoms with Crippen LogP contribution in [0.3, 0.4) is 0 Å². The average Bonchev–Trinajstić information content (AvgIpc) is 2.78. The van der Waals surface area contributed by atoms with E-state index in [-0.39, 0.29) is 43.2 Å². The Morgan fingerprint density at radius 2 is 0.853 bits per heavy atom. The lowest BCUT2D eigenvalue weighted by Gasteiger charge is -2.22. The number of hydrogen-bond acceptors (Lipinski definition) is 9. The highest BCUT2D eigenvalue weighted by atomic mass is 16.6. The molecule has 9 nitrogen and oxygen atoms in total. The van der Waals surface area contributed by atoms with Crippen LogP contribution >= 0.6 is 0 Å². The highest BCUT2D eigenvalue weighted by Crippen LogP contribution is 2.05. The van der Waals surface area contributed by atoms with Crippen LogP contribution in [0.4, 0.5) is 0 Å². The van der Waals surface area contributed by atoms with E-state index in [1.54, 1.807) is 13.8 Å². The molecule has 0 rings (SSSR count). The Bertz CT molecular complexity index is 540. The van der Waals surface area contributed by atoms with E-state index in [9.17, 15) is 9.90 Å². The monoisotopic (exact) mass is 492 g/mol. The zero-order valence-electron chi connectivity index (χ0n) is 22.4. The quantitative estimate of drug-likeness (QED) is 0.191. The minimum Gasteiger partial charge on any atom is -0.460 e. The van der Waals surface area contributed by atoms with Gasteiger partial charge in [-0.3, -0.25) is 0 Å². The van der Waals surface area contributed by atoms with Gasteiger partial charge in [-0.25, -0.2) is 4.79 Å². The van der Waals surface area contributed by atoms with Gasteiger partial charge in [0, 0.05) is 5.57 Å². The number of carbonyl (C=O) groups is 1. The Hall–Kier alpha value is -1.07. The molecule has 0 heterocycles. The van der Waals surface area contributed by atoms with Crippen molar-refractivity contribution in [1.29, 1.82) is 0 Å². The van der Waals surface area contributed by atoms with Crippen LogP contribution in [0.1, 0.15) is 55.4 Å². The number of aliphatic hydroxyl groups excluding tert-OH is 1. The Morgan fingerprint density at radius 3 is 1.12 bits per heavy atom. The number of esters is 1. The van der Waals surface area contributed by atoms with Crippen molar-refractivity contribution in [2.75, 3.05) is 46.2 Å².